The normalized spacial score (nSPS) is 13.3. The van der Waals surface area contributed by atoms with Crippen LogP contribution < -0.4 is 10.5 Å². The van der Waals surface area contributed by atoms with Crippen LogP contribution >= 0.6 is 11.3 Å². The Bertz CT molecular complexity index is 687. The van der Waals surface area contributed by atoms with E-state index in [9.17, 15) is 12.8 Å². The van der Waals surface area contributed by atoms with Gasteiger partial charge in [0.1, 0.15) is 15.7 Å². The third-order valence-corrected chi connectivity index (χ3v) is 5.15. The van der Waals surface area contributed by atoms with Gasteiger partial charge in [-0.2, -0.15) is 0 Å². The maximum absolute atomic E-state index is 13.0. The van der Waals surface area contributed by atoms with Crippen molar-refractivity contribution in [2.24, 2.45) is 0 Å². The fourth-order valence-electron chi connectivity index (χ4n) is 1.73. The Morgan fingerprint density at radius 1 is 1.50 bits per heavy atom. The number of hydrogen-bond donors (Lipinski definition) is 2. The Balaban J connectivity index is 2.31. The molecule has 8 heteroatoms. The summed E-state index contributed by atoms with van der Waals surface area (Å²) in [4.78, 5) is 3.97. The lowest BCUT2D eigenvalue weighted by Gasteiger charge is -2.15. The van der Waals surface area contributed by atoms with E-state index >= 15 is 0 Å². The summed E-state index contributed by atoms with van der Waals surface area (Å²) >= 11 is 1.37. The average molecular weight is 315 g/mol. The number of rotatable bonds is 5. The van der Waals surface area contributed by atoms with Gasteiger partial charge in [-0.3, -0.25) is 0 Å². The smallest absolute Gasteiger partial charge is 0.243 e. The number of nitrogens with zero attached hydrogens (tertiary/aromatic N) is 1. The van der Waals surface area contributed by atoms with Crippen LogP contribution in [0.15, 0.2) is 34.7 Å². The number of halogens is 1. The first-order chi connectivity index (χ1) is 9.44. The van der Waals surface area contributed by atoms with E-state index in [-0.39, 0.29) is 10.6 Å². The molecule has 3 N–H and O–H groups in total. The molecular weight excluding hydrogens is 301 g/mol. The number of thiazole rings is 1. The van der Waals surface area contributed by atoms with Crippen molar-refractivity contribution in [2.75, 3.05) is 5.73 Å². The second-order valence-electron chi connectivity index (χ2n) is 4.13. The van der Waals surface area contributed by atoms with E-state index in [0.29, 0.717) is 11.4 Å². The molecule has 1 aromatic heterocycles. The molecule has 0 aliphatic rings. The summed E-state index contributed by atoms with van der Waals surface area (Å²) in [5.41, 5.74) is 5.45. The monoisotopic (exact) mass is 315 g/mol. The predicted octanol–water partition coefficient (Wildman–Crippen LogP) is 2.29. The topological polar surface area (TPSA) is 85.1 Å². The molecule has 20 heavy (non-hydrogen) atoms. The molecule has 0 aliphatic heterocycles. The van der Waals surface area contributed by atoms with Crippen LogP contribution in [0.3, 0.4) is 0 Å². The number of nitrogens with one attached hydrogen (secondary N) is 1. The van der Waals surface area contributed by atoms with E-state index in [4.69, 9.17) is 5.73 Å². The highest BCUT2D eigenvalue weighted by molar-refractivity contribution is 7.89. The number of anilines is 1. The molecule has 1 aromatic carbocycles. The van der Waals surface area contributed by atoms with Gasteiger partial charge in [-0.15, -0.1) is 11.3 Å². The fourth-order valence-corrected chi connectivity index (χ4v) is 3.97. The molecule has 2 aromatic rings. The van der Waals surface area contributed by atoms with Gasteiger partial charge in [-0.05, 0) is 24.6 Å². The van der Waals surface area contributed by atoms with Gasteiger partial charge in [0.2, 0.25) is 10.0 Å². The van der Waals surface area contributed by atoms with Crippen molar-refractivity contribution in [1.82, 2.24) is 9.71 Å². The van der Waals surface area contributed by atoms with Gasteiger partial charge in [0.05, 0.1) is 11.7 Å². The van der Waals surface area contributed by atoms with E-state index in [1.165, 1.54) is 11.3 Å². The highest BCUT2D eigenvalue weighted by Gasteiger charge is 2.23. The van der Waals surface area contributed by atoms with Gasteiger partial charge in [0.25, 0.3) is 0 Å². The molecule has 1 atom stereocenters. The first kappa shape index (κ1) is 14.9. The molecule has 0 fully saturated rings. The zero-order valence-electron chi connectivity index (χ0n) is 10.7. The van der Waals surface area contributed by atoms with Crippen LogP contribution in [0.1, 0.15) is 24.4 Å². The lowest BCUT2D eigenvalue weighted by atomic mass is 10.3. The third kappa shape index (κ3) is 3.14. The van der Waals surface area contributed by atoms with Crippen molar-refractivity contribution in [2.45, 2.75) is 24.3 Å². The Morgan fingerprint density at radius 2 is 2.25 bits per heavy atom. The number of sulfonamides is 1. The Morgan fingerprint density at radius 3 is 2.80 bits per heavy atom. The van der Waals surface area contributed by atoms with Crippen molar-refractivity contribution in [3.63, 3.8) is 0 Å². The maximum Gasteiger partial charge on any atom is 0.243 e. The van der Waals surface area contributed by atoms with E-state index in [2.05, 4.69) is 9.71 Å². The number of nitrogens with two attached hydrogens (primary N) is 1. The SMILES string of the molecule is CCC(NS(=O)(=O)c1ccc(F)cc1N)c1nccs1. The van der Waals surface area contributed by atoms with Gasteiger partial charge in [0.15, 0.2) is 0 Å². The van der Waals surface area contributed by atoms with Crippen molar-refractivity contribution in [1.29, 1.82) is 0 Å². The quantitative estimate of drug-likeness (QED) is 0.829. The molecule has 108 valence electrons. The van der Waals surface area contributed by atoms with Crippen molar-refractivity contribution >= 4 is 27.0 Å². The molecule has 1 unspecified atom stereocenters. The third-order valence-electron chi connectivity index (χ3n) is 2.72. The molecule has 5 nitrogen and oxygen atoms in total. The first-order valence-corrected chi connectivity index (χ1v) is 8.27. The summed E-state index contributed by atoms with van der Waals surface area (Å²) in [7, 11) is -3.82. The van der Waals surface area contributed by atoms with Gasteiger partial charge in [-0.1, -0.05) is 6.92 Å². The lowest BCUT2D eigenvalue weighted by Crippen LogP contribution is -2.28. The van der Waals surface area contributed by atoms with Crippen LogP contribution in [0.5, 0.6) is 0 Å². The van der Waals surface area contributed by atoms with E-state index in [1.54, 1.807) is 11.6 Å². The maximum atomic E-state index is 13.0. The van der Waals surface area contributed by atoms with Crippen LogP contribution in [0, 0.1) is 5.82 Å². The molecule has 0 aliphatic carbocycles. The molecule has 2 rings (SSSR count). The number of nitrogen functional groups attached to an aromatic ring is 1. The summed E-state index contributed by atoms with van der Waals surface area (Å²) in [5.74, 6) is -0.576. The van der Waals surface area contributed by atoms with Crippen molar-refractivity contribution in [3.05, 3.63) is 40.6 Å². The van der Waals surface area contributed by atoms with E-state index in [1.807, 2.05) is 6.92 Å². The molecule has 0 radical (unpaired) electrons. The summed E-state index contributed by atoms with van der Waals surface area (Å²) in [6, 6.07) is 2.78. The van der Waals surface area contributed by atoms with E-state index in [0.717, 1.165) is 18.2 Å². The highest BCUT2D eigenvalue weighted by Crippen LogP contribution is 2.24. The minimum Gasteiger partial charge on any atom is -0.398 e. The van der Waals surface area contributed by atoms with Crippen LogP contribution in [-0.4, -0.2) is 13.4 Å². The Kier molecular flexibility index (Phi) is 4.36. The standard InChI is InChI=1S/C12H14FN3O2S2/c1-2-10(12-15-5-6-19-12)16-20(17,18)11-4-3-8(13)7-9(11)14/h3-7,10,16H,2,14H2,1H3. The van der Waals surface area contributed by atoms with Gasteiger partial charge < -0.3 is 5.73 Å². The molecule has 0 spiro atoms. The largest absolute Gasteiger partial charge is 0.398 e. The summed E-state index contributed by atoms with van der Waals surface area (Å²) in [6.45, 7) is 1.85. The number of hydrogen-bond acceptors (Lipinski definition) is 5. The van der Waals surface area contributed by atoms with Crippen LogP contribution in [0.4, 0.5) is 10.1 Å². The van der Waals surface area contributed by atoms with Crippen molar-refractivity contribution in [3.8, 4) is 0 Å². The second kappa shape index (κ2) is 5.86. The second-order valence-corrected chi connectivity index (χ2v) is 6.74. The van der Waals surface area contributed by atoms with E-state index < -0.39 is 21.9 Å². The summed E-state index contributed by atoms with van der Waals surface area (Å²) in [5, 5.41) is 2.45. The van der Waals surface area contributed by atoms with Gasteiger partial charge in [-0.25, -0.2) is 22.5 Å². The van der Waals surface area contributed by atoms with Crippen LogP contribution in [0.2, 0.25) is 0 Å². The molecule has 0 saturated heterocycles. The summed E-state index contributed by atoms with van der Waals surface area (Å²) < 4.78 is 40.1. The summed E-state index contributed by atoms with van der Waals surface area (Å²) in [6.07, 6.45) is 2.16. The molecule has 1 heterocycles. The number of benzene rings is 1. The Labute approximate surface area is 120 Å². The zero-order valence-corrected chi connectivity index (χ0v) is 12.3. The Hall–Kier alpha value is -1.51. The minimum absolute atomic E-state index is 0.119. The van der Waals surface area contributed by atoms with Crippen molar-refractivity contribution < 1.29 is 12.8 Å². The molecule has 0 amide bonds. The first-order valence-electron chi connectivity index (χ1n) is 5.90. The number of aromatic nitrogens is 1. The highest BCUT2D eigenvalue weighted by atomic mass is 32.2. The van der Waals surface area contributed by atoms with Gasteiger partial charge in [0, 0.05) is 11.6 Å². The molecule has 0 bridgehead atoms. The predicted molar refractivity (Wildman–Crippen MR) is 76.3 cm³/mol. The molecular formula is C12H14FN3O2S2. The zero-order chi connectivity index (χ0) is 14.8. The lowest BCUT2D eigenvalue weighted by molar-refractivity contribution is 0.549. The van der Waals surface area contributed by atoms with Gasteiger partial charge >= 0.3 is 0 Å². The molecule has 0 saturated carbocycles. The van der Waals surface area contributed by atoms with Crippen LogP contribution in [-0.2, 0) is 10.0 Å². The van der Waals surface area contributed by atoms with Crippen LogP contribution in [0.25, 0.3) is 0 Å². The minimum atomic E-state index is -3.82. The fraction of sp³-hybridized carbons (Fsp3) is 0.250. The average Bonchev–Trinajstić information content (AvgIpc) is 2.89.